The number of rotatable bonds is 2. The molecule has 0 unspecified atom stereocenters. The van der Waals surface area contributed by atoms with E-state index >= 15 is 0 Å². The van der Waals surface area contributed by atoms with E-state index in [-0.39, 0.29) is 5.95 Å². The molecule has 0 bridgehead atoms. The first-order valence-corrected chi connectivity index (χ1v) is 7.08. The average molecular weight is 336 g/mol. The van der Waals surface area contributed by atoms with Crippen molar-refractivity contribution < 1.29 is 0 Å². The molecule has 1 aliphatic heterocycles. The molecule has 2 aromatic rings. The smallest absolute Gasteiger partial charge is 0.225 e. The van der Waals surface area contributed by atoms with Gasteiger partial charge in [0.15, 0.2) is 0 Å². The van der Waals surface area contributed by atoms with Gasteiger partial charge in [0.25, 0.3) is 0 Å². The van der Waals surface area contributed by atoms with Gasteiger partial charge >= 0.3 is 0 Å². The molecule has 0 amide bonds. The molecule has 0 radical (unpaired) electrons. The molecular weight excluding hydrogens is 322 g/mol. The van der Waals surface area contributed by atoms with Crippen molar-refractivity contribution in [3.63, 3.8) is 0 Å². The quantitative estimate of drug-likeness (QED) is 0.874. The Morgan fingerprint density at radius 1 is 1.00 bits per heavy atom. The van der Waals surface area contributed by atoms with E-state index in [0.29, 0.717) is 0 Å². The van der Waals surface area contributed by atoms with Gasteiger partial charge in [-0.2, -0.15) is 4.98 Å². The fourth-order valence-corrected chi connectivity index (χ4v) is 2.61. The van der Waals surface area contributed by atoms with Crippen molar-refractivity contribution >= 4 is 33.6 Å². The van der Waals surface area contributed by atoms with Gasteiger partial charge in [-0.1, -0.05) is 0 Å². The van der Waals surface area contributed by atoms with Crippen LogP contribution >= 0.6 is 15.9 Å². The molecule has 20 heavy (non-hydrogen) atoms. The second kappa shape index (κ2) is 5.58. The van der Waals surface area contributed by atoms with Gasteiger partial charge in [-0.25, -0.2) is 15.0 Å². The highest BCUT2D eigenvalue weighted by molar-refractivity contribution is 9.10. The van der Waals surface area contributed by atoms with Crippen molar-refractivity contribution in [2.75, 3.05) is 41.7 Å². The van der Waals surface area contributed by atoms with Gasteiger partial charge in [0.05, 0.1) is 4.47 Å². The Hall–Kier alpha value is -1.96. The van der Waals surface area contributed by atoms with E-state index in [2.05, 4.69) is 45.7 Å². The van der Waals surface area contributed by atoms with Crippen LogP contribution in [0.1, 0.15) is 0 Å². The largest absolute Gasteiger partial charge is 0.368 e. The molecule has 104 valence electrons. The highest BCUT2D eigenvalue weighted by atomic mass is 79.9. The Balaban J connectivity index is 1.71. The van der Waals surface area contributed by atoms with Gasteiger partial charge in [0.2, 0.25) is 11.9 Å². The van der Waals surface area contributed by atoms with E-state index in [9.17, 15) is 0 Å². The summed E-state index contributed by atoms with van der Waals surface area (Å²) in [5, 5.41) is 0. The second-order valence-corrected chi connectivity index (χ2v) is 5.28. The third-order valence-corrected chi connectivity index (χ3v) is 3.72. The number of anilines is 3. The van der Waals surface area contributed by atoms with Crippen LogP contribution in [0.4, 0.5) is 17.7 Å². The molecule has 0 saturated carbocycles. The maximum absolute atomic E-state index is 5.65. The first-order valence-electron chi connectivity index (χ1n) is 6.29. The molecule has 1 saturated heterocycles. The van der Waals surface area contributed by atoms with Gasteiger partial charge in [0.1, 0.15) is 5.82 Å². The van der Waals surface area contributed by atoms with Crippen LogP contribution < -0.4 is 15.5 Å². The lowest BCUT2D eigenvalue weighted by Gasteiger charge is -2.35. The second-order valence-electron chi connectivity index (χ2n) is 4.42. The number of halogens is 1. The van der Waals surface area contributed by atoms with Crippen molar-refractivity contribution in [3.8, 4) is 0 Å². The van der Waals surface area contributed by atoms with Crippen LogP contribution in [0.15, 0.2) is 29.1 Å². The lowest BCUT2D eigenvalue weighted by molar-refractivity contribution is 0.633. The molecular formula is C12H14BrN7. The van der Waals surface area contributed by atoms with Crippen molar-refractivity contribution in [1.29, 1.82) is 0 Å². The van der Waals surface area contributed by atoms with Crippen LogP contribution in [0.3, 0.4) is 0 Å². The van der Waals surface area contributed by atoms with Crippen molar-refractivity contribution in [2.45, 2.75) is 0 Å². The Kier molecular flexibility index (Phi) is 3.64. The lowest BCUT2D eigenvalue weighted by atomic mass is 10.3. The van der Waals surface area contributed by atoms with E-state index in [4.69, 9.17) is 5.73 Å². The number of hydrogen-bond donors (Lipinski definition) is 1. The summed E-state index contributed by atoms with van der Waals surface area (Å²) in [6.45, 7) is 3.38. The zero-order chi connectivity index (χ0) is 13.9. The third kappa shape index (κ3) is 2.64. The molecule has 2 N–H and O–H groups in total. The van der Waals surface area contributed by atoms with Crippen LogP contribution in [0, 0.1) is 0 Å². The van der Waals surface area contributed by atoms with Crippen LogP contribution in [-0.2, 0) is 0 Å². The normalized spacial score (nSPS) is 15.4. The number of nitrogens with two attached hydrogens (primary N) is 1. The first kappa shape index (κ1) is 13.0. The molecule has 3 rings (SSSR count). The number of hydrogen-bond acceptors (Lipinski definition) is 7. The van der Waals surface area contributed by atoms with Gasteiger partial charge < -0.3 is 15.5 Å². The zero-order valence-electron chi connectivity index (χ0n) is 10.8. The number of aromatic nitrogens is 4. The molecule has 3 heterocycles. The van der Waals surface area contributed by atoms with E-state index in [1.165, 1.54) is 0 Å². The summed E-state index contributed by atoms with van der Waals surface area (Å²) in [4.78, 5) is 21.1. The minimum Gasteiger partial charge on any atom is -0.368 e. The van der Waals surface area contributed by atoms with Crippen LogP contribution in [0.5, 0.6) is 0 Å². The molecule has 8 heteroatoms. The number of piperazine rings is 1. The fraction of sp³-hybridized carbons (Fsp3) is 0.333. The summed E-state index contributed by atoms with van der Waals surface area (Å²) in [5.41, 5.74) is 5.65. The summed E-state index contributed by atoms with van der Waals surface area (Å²) < 4.78 is 0.858. The molecule has 0 aromatic carbocycles. The van der Waals surface area contributed by atoms with Crippen molar-refractivity contribution in [1.82, 2.24) is 19.9 Å². The molecule has 0 spiro atoms. The summed E-state index contributed by atoms with van der Waals surface area (Å²) in [7, 11) is 0. The van der Waals surface area contributed by atoms with Crippen LogP contribution in [0.25, 0.3) is 0 Å². The molecule has 2 aromatic heterocycles. The summed E-state index contributed by atoms with van der Waals surface area (Å²) in [6, 6.07) is 1.82. The maximum Gasteiger partial charge on any atom is 0.225 e. The van der Waals surface area contributed by atoms with Gasteiger partial charge in [-0.3, -0.25) is 0 Å². The Morgan fingerprint density at radius 3 is 2.35 bits per heavy atom. The lowest BCUT2D eigenvalue weighted by Crippen LogP contribution is -2.47. The first-order chi connectivity index (χ1) is 9.74. The minimum atomic E-state index is 0.289. The topological polar surface area (TPSA) is 84.1 Å². The van der Waals surface area contributed by atoms with Crippen molar-refractivity contribution in [3.05, 3.63) is 29.1 Å². The average Bonchev–Trinajstić information content (AvgIpc) is 2.51. The summed E-state index contributed by atoms with van der Waals surface area (Å²) in [6.07, 6.45) is 5.21. The standard InChI is InChI=1S/C12H14BrN7/c13-9-8-17-11(14)18-10(9)19-4-6-20(7-5-19)12-15-2-1-3-16-12/h1-3,8H,4-7H2,(H2,14,17,18). The Labute approximate surface area is 125 Å². The Morgan fingerprint density at radius 2 is 1.65 bits per heavy atom. The zero-order valence-corrected chi connectivity index (χ0v) is 12.4. The maximum atomic E-state index is 5.65. The number of nitrogen functional groups attached to an aromatic ring is 1. The summed E-state index contributed by atoms with van der Waals surface area (Å²) >= 11 is 3.47. The SMILES string of the molecule is Nc1ncc(Br)c(N2CCN(c3ncccn3)CC2)n1. The van der Waals surface area contributed by atoms with E-state index in [0.717, 1.165) is 42.4 Å². The Bertz CT molecular complexity index is 584. The monoisotopic (exact) mass is 335 g/mol. The predicted molar refractivity (Wildman–Crippen MR) is 80.6 cm³/mol. The van der Waals surface area contributed by atoms with Gasteiger partial charge in [-0.15, -0.1) is 0 Å². The molecule has 0 atom stereocenters. The fourth-order valence-electron chi connectivity index (χ4n) is 2.17. The van der Waals surface area contributed by atoms with Crippen LogP contribution in [0.2, 0.25) is 0 Å². The molecule has 1 fully saturated rings. The van der Waals surface area contributed by atoms with Gasteiger partial charge in [0, 0.05) is 44.8 Å². The highest BCUT2D eigenvalue weighted by Gasteiger charge is 2.21. The summed E-state index contributed by atoms with van der Waals surface area (Å²) in [5.74, 6) is 1.90. The minimum absolute atomic E-state index is 0.289. The molecule has 7 nitrogen and oxygen atoms in total. The highest BCUT2D eigenvalue weighted by Crippen LogP contribution is 2.25. The molecule has 0 aliphatic carbocycles. The molecule has 1 aliphatic rings. The van der Waals surface area contributed by atoms with Gasteiger partial charge in [-0.05, 0) is 22.0 Å². The van der Waals surface area contributed by atoms with E-state index in [1.807, 2.05) is 6.07 Å². The van der Waals surface area contributed by atoms with Crippen LogP contribution in [-0.4, -0.2) is 46.1 Å². The van der Waals surface area contributed by atoms with E-state index < -0.39 is 0 Å². The van der Waals surface area contributed by atoms with Crippen molar-refractivity contribution in [2.24, 2.45) is 0 Å². The predicted octanol–water partition coefficient (Wildman–Crippen LogP) is 0.938. The number of nitrogens with zero attached hydrogens (tertiary/aromatic N) is 6. The third-order valence-electron chi connectivity index (χ3n) is 3.16. The van der Waals surface area contributed by atoms with E-state index in [1.54, 1.807) is 18.6 Å².